The highest BCUT2D eigenvalue weighted by Crippen LogP contribution is 2.34. The third-order valence-electron chi connectivity index (χ3n) is 3.53. The molecule has 0 aromatic carbocycles. The molecule has 0 spiro atoms. The molecule has 2 aliphatic rings. The van der Waals surface area contributed by atoms with Crippen LogP contribution in [-0.2, 0) is 0 Å². The lowest BCUT2D eigenvalue weighted by Crippen LogP contribution is -2.44. The van der Waals surface area contributed by atoms with Gasteiger partial charge in [0, 0.05) is 12.0 Å². The summed E-state index contributed by atoms with van der Waals surface area (Å²) in [6.07, 6.45) is 10.5. The molecule has 1 N–H and O–H groups in total. The maximum absolute atomic E-state index is 10.4. The highest BCUT2D eigenvalue weighted by atomic mass is 16.3. The zero-order valence-corrected chi connectivity index (χ0v) is 8.98. The quantitative estimate of drug-likeness (QED) is 0.631. The van der Waals surface area contributed by atoms with Crippen LogP contribution in [0.3, 0.4) is 0 Å². The standard InChI is InChI=1S/C12H19NO/c1-12(14)8-5-9-13(2)11-7-4-3-6-10(11)12/h3-4,6-7,10-11,14H,5,8-9H2,1-2H3. The van der Waals surface area contributed by atoms with Crippen molar-refractivity contribution in [3.8, 4) is 0 Å². The number of hydrogen-bond donors (Lipinski definition) is 1. The van der Waals surface area contributed by atoms with Crippen molar-refractivity contribution in [3.05, 3.63) is 24.3 Å². The number of likely N-dealkylation sites (tertiary alicyclic amines) is 1. The topological polar surface area (TPSA) is 23.5 Å². The van der Waals surface area contributed by atoms with Gasteiger partial charge in [-0.15, -0.1) is 0 Å². The van der Waals surface area contributed by atoms with E-state index in [0.29, 0.717) is 6.04 Å². The Bertz CT molecular complexity index is 267. The van der Waals surface area contributed by atoms with E-state index in [2.05, 4.69) is 36.3 Å². The minimum atomic E-state index is -0.545. The molecular formula is C12H19NO. The third kappa shape index (κ3) is 1.64. The summed E-state index contributed by atoms with van der Waals surface area (Å²) in [5.41, 5.74) is -0.545. The second-order valence-corrected chi connectivity index (χ2v) is 4.73. The molecule has 0 saturated carbocycles. The van der Waals surface area contributed by atoms with Crippen LogP contribution < -0.4 is 0 Å². The first-order chi connectivity index (χ1) is 6.61. The second-order valence-electron chi connectivity index (χ2n) is 4.73. The van der Waals surface area contributed by atoms with Gasteiger partial charge in [0.05, 0.1) is 5.60 Å². The third-order valence-corrected chi connectivity index (χ3v) is 3.53. The van der Waals surface area contributed by atoms with Gasteiger partial charge in [0.1, 0.15) is 0 Å². The molecule has 3 unspecified atom stereocenters. The molecule has 78 valence electrons. The van der Waals surface area contributed by atoms with E-state index < -0.39 is 5.60 Å². The van der Waals surface area contributed by atoms with E-state index >= 15 is 0 Å². The number of aliphatic hydroxyl groups is 1. The molecule has 3 atom stereocenters. The first-order valence-corrected chi connectivity index (χ1v) is 5.39. The summed E-state index contributed by atoms with van der Waals surface area (Å²) in [5, 5.41) is 10.4. The van der Waals surface area contributed by atoms with E-state index in [-0.39, 0.29) is 5.92 Å². The smallest absolute Gasteiger partial charge is 0.0700 e. The van der Waals surface area contributed by atoms with Crippen LogP contribution in [0.4, 0.5) is 0 Å². The van der Waals surface area contributed by atoms with Crippen LogP contribution in [0.25, 0.3) is 0 Å². The molecule has 0 radical (unpaired) electrons. The van der Waals surface area contributed by atoms with Gasteiger partial charge in [-0.25, -0.2) is 0 Å². The molecule has 2 heteroatoms. The van der Waals surface area contributed by atoms with Gasteiger partial charge >= 0.3 is 0 Å². The Kier molecular flexibility index (Phi) is 2.50. The van der Waals surface area contributed by atoms with Gasteiger partial charge in [0.2, 0.25) is 0 Å². The fraction of sp³-hybridized carbons (Fsp3) is 0.667. The van der Waals surface area contributed by atoms with Crippen LogP contribution >= 0.6 is 0 Å². The summed E-state index contributed by atoms with van der Waals surface area (Å²) in [4.78, 5) is 2.34. The first kappa shape index (κ1) is 9.94. The van der Waals surface area contributed by atoms with E-state index in [1.165, 1.54) is 0 Å². The van der Waals surface area contributed by atoms with Crippen LogP contribution in [0.2, 0.25) is 0 Å². The predicted octanol–water partition coefficient (Wildman–Crippen LogP) is 1.57. The number of likely N-dealkylation sites (N-methyl/N-ethyl adjacent to an activating group) is 1. The number of nitrogens with zero attached hydrogens (tertiary/aromatic N) is 1. The van der Waals surface area contributed by atoms with Crippen molar-refractivity contribution < 1.29 is 5.11 Å². The molecule has 0 aromatic heterocycles. The Labute approximate surface area is 85.9 Å². The maximum atomic E-state index is 10.4. The minimum absolute atomic E-state index is 0.250. The molecule has 1 saturated heterocycles. The van der Waals surface area contributed by atoms with Gasteiger partial charge in [0.15, 0.2) is 0 Å². The van der Waals surface area contributed by atoms with Crippen molar-refractivity contribution in [2.45, 2.75) is 31.4 Å². The van der Waals surface area contributed by atoms with Crippen molar-refractivity contribution in [3.63, 3.8) is 0 Å². The number of allylic oxidation sites excluding steroid dienone is 2. The summed E-state index contributed by atoms with van der Waals surface area (Å²) in [7, 11) is 2.14. The minimum Gasteiger partial charge on any atom is -0.389 e. The molecule has 1 fully saturated rings. The van der Waals surface area contributed by atoms with Crippen molar-refractivity contribution in [1.82, 2.24) is 4.90 Å². The molecule has 0 amide bonds. The summed E-state index contributed by atoms with van der Waals surface area (Å²) >= 11 is 0. The van der Waals surface area contributed by atoms with Gasteiger partial charge in [-0.2, -0.15) is 0 Å². The summed E-state index contributed by atoms with van der Waals surface area (Å²) < 4.78 is 0. The summed E-state index contributed by atoms with van der Waals surface area (Å²) in [6.45, 7) is 3.04. The average molecular weight is 193 g/mol. The van der Waals surface area contributed by atoms with Crippen LogP contribution in [0.15, 0.2) is 24.3 Å². The van der Waals surface area contributed by atoms with E-state index in [9.17, 15) is 5.11 Å². The monoisotopic (exact) mass is 193 g/mol. The molecule has 2 rings (SSSR count). The van der Waals surface area contributed by atoms with E-state index in [0.717, 1.165) is 19.4 Å². The van der Waals surface area contributed by atoms with Crippen molar-refractivity contribution >= 4 is 0 Å². The normalized spacial score (nSPS) is 43.4. The Morgan fingerprint density at radius 3 is 2.86 bits per heavy atom. The molecule has 1 heterocycles. The summed E-state index contributed by atoms with van der Waals surface area (Å²) in [5.74, 6) is 0.250. The fourth-order valence-corrected chi connectivity index (χ4v) is 2.59. The Balaban J connectivity index is 2.29. The van der Waals surface area contributed by atoms with Crippen LogP contribution in [-0.4, -0.2) is 35.2 Å². The Hall–Kier alpha value is -0.600. The second kappa shape index (κ2) is 3.52. The van der Waals surface area contributed by atoms with Gasteiger partial charge < -0.3 is 5.11 Å². The lowest BCUT2D eigenvalue weighted by molar-refractivity contribution is 0.00101. The Morgan fingerprint density at radius 1 is 1.36 bits per heavy atom. The predicted molar refractivity (Wildman–Crippen MR) is 58.0 cm³/mol. The van der Waals surface area contributed by atoms with Crippen molar-refractivity contribution in [2.24, 2.45) is 5.92 Å². The van der Waals surface area contributed by atoms with Gasteiger partial charge in [-0.3, -0.25) is 4.90 Å². The number of hydrogen-bond acceptors (Lipinski definition) is 2. The summed E-state index contributed by atoms with van der Waals surface area (Å²) in [6, 6.07) is 0.373. The zero-order chi connectivity index (χ0) is 10.2. The molecule has 1 aliphatic carbocycles. The highest BCUT2D eigenvalue weighted by Gasteiger charge is 2.39. The SMILES string of the molecule is CN1CCCC(C)(O)C2C=CC=CC21. The molecule has 0 aromatic rings. The van der Waals surface area contributed by atoms with Crippen LogP contribution in [0, 0.1) is 5.92 Å². The highest BCUT2D eigenvalue weighted by molar-refractivity contribution is 5.21. The molecule has 2 nitrogen and oxygen atoms in total. The first-order valence-electron chi connectivity index (χ1n) is 5.39. The zero-order valence-electron chi connectivity index (χ0n) is 8.98. The van der Waals surface area contributed by atoms with Crippen LogP contribution in [0.1, 0.15) is 19.8 Å². The molecule has 14 heavy (non-hydrogen) atoms. The van der Waals surface area contributed by atoms with Crippen LogP contribution in [0.5, 0.6) is 0 Å². The molecular weight excluding hydrogens is 174 g/mol. The largest absolute Gasteiger partial charge is 0.389 e. The van der Waals surface area contributed by atoms with Gasteiger partial charge in [0.25, 0.3) is 0 Å². The number of rotatable bonds is 0. The Morgan fingerprint density at radius 2 is 2.07 bits per heavy atom. The van der Waals surface area contributed by atoms with E-state index in [4.69, 9.17) is 0 Å². The van der Waals surface area contributed by atoms with E-state index in [1.807, 2.05) is 6.92 Å². The van der Waals surface area contributed by atoms with Crippen molar-refractivity contribution in [2.75, 3.05) is 13.6 Å². The lowest BCUT2D eigenvalue weighted by Gasteiger charge is -2.37. The van der Waals surface area contributed by atoms with E-state index in [1.54, 1.807) is 0 Å². The van der Waals surface area contributed by atoms with Crippen molar-refractivity contribution in [1.29, 1.82) is 0 Å². The lowest BCUT2D eigenvalue weighted by atomic mass is 9.79. The van der Waals surface area contributed by atoms with Gasteiger partial charge in [-0.05, 0) is 33.4 Å². The molecule has 1 aliphatic heterocycles. The maximum Gasteiger partial charge on any atom is 0.0700 e. The fourth-order valence-electron chi connectivity index (χ4n) is 2.59. The number of fused-ring (bicyclic) bond motifs is 1. The molecule has 0 bridgehead atoms. The van der Waals surface area contributed by atoms with Gasteiger partial charge in [-0.1, -0.05) is 24.3 Å². The average Bonchev–Trinajstić information content (AvgIpc) is 2.27.